The molecule has 27 heavy (non-hydrogen) atoms. The minimum Gasteiger partial charge on any atom is -0.496 e. The second kappa shape index (κ2) is 7.73. The van der Waals surface area contributed by atoms with Crippen molar-refractivity contribution in [1.29, 1.82) is 0 Å². The number of alkyl halides is 4. The number of ether oxygens (including phenoxy) is 1. The number of rotatable bonds is 4. The summed E-state index contributed by atoms with van der Waals surface area (Å²) < 4.78 is 44.3. The number of nitrogens with zero attached hydrogens (tertiary/aromatic N) is 1. The molecule has 1 aromatic rings. The molecule has 1 amide bonds. The Labute approximate surface area is 161 Å². The lowest BCUT2D eigenvalue weighted by atomic mass is 10.1. The smallest absolute Gasteiger partial charge is 0.419 e. The van der Waals surface area contributed by atoms with Gasteiger partial charge in [0.05, 0.1) is 18.4 Å². The predicted molar refractivity (Wildman–Crippen MR) is 98.0 cm³/mol. The number of amides is 1. The first-order valence-corrected chi connectivity index (χ1v) is 8.99. The zero-order valence-electron chi connectivity index (χ0n) is 13.8. The van der Waals surface area contributed by atoms with Crippen molar-refractivity contribution in [3.63, 3.8) is 0 Å². The molecule has 0 saturated carbocycles. The van der Waals surface area contributed by atoms with Crippen LogP contribution in [0.4, 0.5) is 13.2 Å². The molecule has 2 unspecified atom stereocenters. The summed E-state index contributed by atoms with van der Waals surface area (Å²) in [5, 5.41) is 10.0. The zero-order valence-corrected chi connectivity index (χ0v) is 15.4. The topological polar surface area (TPSA) is 74.8 Å². The Hall–Kier alpha value is -2.33. The standard InChI is InChI=1S/C16H14ClF3N4O2S/c1-26-12-3-2-8(4-9(12)16(18,19)20)11-7-27-15(23-11)24-14(25)10-5-22-13(17)6-21-10/h2-7,13,15,22-23H,1H3,(H,24,25). The highest BCUT2D eigenvalue weighted by atomic mass is 35.5. The fraction of sp³-hybridized carbons (Fsp3) is 0.250. The molecule has 2 atom stereocenters. The number of thioether (sulfide) groups is 1. The van der Waals surface area contributed by atoms with E-state index in [1.807, 2.05) is 0 Å². The molecule has 0 fully saturated rings. The number of aliphatic imine (C=N–C) groups is 1. The van der Waals surface area contributed by atoms with Crippen LogP contribution in [0.1, 0.15) is 11.1 Å². The molecular weight excluding hydrogens is 405 g/mol. The van der Waals surface area contributed by atoms with E-state index in [4.69, 9.17) is 16.3 Å². The molecule has 3 N–H and O–H groups in total. The average Bonchev–Trinajstić information content (AvgIpc) is 3.09. The maximum absolute atomic E-state index is 13.2. The van der Waals surface area contributed by atoms with E-state index in [9.17, 15) is 18.0 Å². The average molecular weight is 419 g/mol. The van der Waals surface area contributed by atoms with Crippen LogP contribution >= 0.6 is 23.4 Å². The first-order chi connectivity index (χ1) is 12.8. The molecule has 144 valence electrons. The van der Waals surface area contributed by atoms with Crippen molar-refractivity contribution in [3.8, 4) is 5.75 Å². The molecule has 0 saturated heterocycles. The molecular formula is C16H14ClF3N4O2S. The monoisotopic (exact) mass is 418 g/mol. The Morgan fingerprint density at radius 3 is 2.81 bits per heavy atom. The Morgan fingerprint density at radius 2 is 2.19 bits per heavy atom. The number of hydrogen-bond donors (Lipinski definition) is 3. The van der Waals surface area contributed by atoms with Gasteiger partial charge in [-0.3, -0.25) is 9.79 Å². The molecule has 2 aliphatic rings. The van der Waals surface area contributed by atoms with Crippen molar-refractivity contribution in [1.82, 2.24) is 16.0 Å². The van der Waals surface area contributed by atoms with Gasteiger partial charge in [-0.05, 0) is 29.2 Å². The van der Waals surface area contributed by atoms with Crippen molar-refractivity contribution in [3.05, 3.63) is 46.6 Å². The van der Waals surface area contributed by atoms with E-state index < -0.39 is 28.6 Å². The van der Waals surface area contributed by atoms with Crippen LogP contribution in [0.15, 0.2) is 40.5 Å². The second-order valence-corrected chi connectivity index (χ2v) is 6.90. The van der Waals surface area contributed by atoms with Gasteiger partial charge in [-0.1, -0.05) is 23.4 Å². The molecule has 0 spiro atoms. The number of methoxy groups -OCH3 is 1. The molecule has 6 nitrogen and oxygen atoms in total. The molecule has 0 aliphatic carbocycles. The highest BCUT2D eigenvalue weighted by Gasteiger charge is 2.35. The van der Waals surface area contributed by atoms with Gasteiger partial charge < -0.3 is 20.7 Å². The van der Waals surface area contributed by atoms with Gasteiger partial charge in [0, 0.05) is 12.4 Å². The minimum absolute atomic E-state index is 0.145. The molecule has 2 aliphatic heterocycles. The van der Waals surface area contributed by atoms with Gasteiger partial charge in [-0.25, -0.2) is 0 Å². The summed E-state index contributed by atoms with van der Waals surface area (Å²) in [6, 6.07) is 3.77. The lowest BCUT2D eigenvalue weighted by Crippen LogP contribution is -2.41. The van der Waals surface area contributed by atoms with Gasteiger partial charge in [0.1, 0.15) is 16.9 Å². The maximum Gasteiger partial charge on any atom is 0.419 e. The molecule has 3 rings (SSSR count). The summed E-state index contributed by atoms with van der Waals surface area (Å²) in [4.78, 5) is 16.1. The summed E-state index contributed by atoms with van der Waals surface area (Å²) in [7, 11) is 1.18. The molecule has 0 radical (unpaired) electrons. The van der Waals surface area contributed by atoms with Crippen molar-refractivity contribution < 1.29 is 22.7 Å². The third kappa shape index (κ3) is 4.51. The lowest BCUT2D eigenvalue weighted by Gasteiger charge is -2.18. The van der Waals surface area contributed by atoms with Gasteiger partial charge >= 0.3 is 6.18 Å². The number of carbonyl (C=O) groups is 1. The van der Waals surface area contributed by atoms with Crippen LogP contribution in [-0.2, 0) is 11.0 Å². The summed E-state index contributed by atoms with van der Waals surface area (Å²) >= 11 is 6.98. The van der Waals surface area contributed by atoms with E-state index in [-0.39, 0.29) is 11.4 Å². The summed E-state index contributed by atoms with van der Waals surface area (Å²) in [6.45, 7) is 0. The second-order valence-electron chi connectivity index (χ2n) is 5.45. The van der Waals surface area contributed by atoms with Gasteiger partial charge in [-0.15, -0.1) is 0 Å². The van der Waals surface area contributed by atoms with Crippen LogP contribution in [0.25, 0.3) is 5.70 Å². The van der Waals surface area contributed by atoms with Crippen LogP contribution in [0.2, 0.25) is 0 Å². The Morgan fingerprint density at radius 1 is 1.41 bits per heavy atom. The first kappa shape index (κ1) is 19.4. The summed E-state index contributed by atoms with van der Waals surface area (Å²) in [6.07, 6.45) is -1.77. The quantitative estimate of drug-likeness (QED) is 0.518. The number of hydrogen-bond acceptors (Lipinski definition) is 6. The Bertz CT molecular complexity index is 841. The highest BCUT2D eigenvalue weighted by Crippen LogP contribution is 2.38. The van der Waals surface area contributed by atoms with Gasteiger partial charge in [0.15, 0.2) is 5.50 Å². The minimum atomic E-state index is -4.54. The van der Waals surface area contributed by atoms with Gasteiger partial charge in [0.25, 0.3) is 5.91 Å². The fourth-order valence-electron chi connectivity index (χ4n) is 2.37. The number of nitrogens with one attached hydrogen (secondary N) is 3. The van der Waals surface area contributed by atoms with Crippen molar-refractivity contribution in [2.45, 2.75) is 17.2 Å². The SMILES string of the molecule is COc1ccc(C2=CSC(NC(=O)C3=CNC(Cl)C=N3)N2)cc1C(F)(F)F. The van der Waals surface area contributed by atoms with Crippen LogP contribution in [0.3, 0.4) is 0 Å². The van der Waals surface area contributed by atoms with E-state index in [1.54, 1.807) is 5.41 Å². The van der Waals surface area contributed by atoms with Crippen molar-refractivity contribution >= 4 is 41.2 Å². The van der Waals surface area contributed by atoms with E-state index in [2.05, 4.69) is 20.9 Å². The Balaban J connectivity index is 1.67. The Kier molecular flexibility index (Phi) is 5.56. The third-order valence-corrected chi connectivity index (χ3v) is 4.76. The first-order valence-electron chi connectivity index (χ1n) is 7.61. The van der Waals surface area contributed by atoms with Crippen molar-refractivity contribution in [2.75, 3.05) is 7.11 Å². The molecule has 0 bridgehead atoms. The highest BCUT2D eigenvalue weighted by molar-refractivity contribution is 8.03. The fourth-order valence-corrected chi connectivity index (χ4v) is 3.33. The van der Waals surface area contributed by atoms with Crippen molar-refractivity contribution in [2.24, 2.45) is 4.99 Å². The molecule has 11 heteroatoms. The van der Waals surface area contributed by atoms with E-state index >= 15 is 0 Å². The summed E-state index contributed by atoms with van der Waals surface area (Å²) in [5.74, 6) is -0.706. The van der Waals surface area contributed by atoms with Crippen LogP contribution in [-0.4, -0.2) is 30.2 Å². The molecule has 2 heterocycles. The number of benzene rings is 1. The largest absolute Gasteiger partial charge is 0.496 e. The van der Waals surface area contributed by atoms with E-state index in [0.29, 0.717) is 11.3 Å². The predicted octanol–water partition coefficient (Wildman–Crippen LogP) is 2.83. The van der Waals surface area contributed by atoms with Crippen LogP contribution in [0, 0.1) is 0 Å². The summed E-state index contributed by atoms with van der Waals surface area (Å²) in [5.41, 5.74) is -0.967. The van der Waals surface area contributed by atoms with Crippen LogP contribution < -0.4 is 20.7 Å². The lowest BCUT2D eigenvalue weighted by molar-refractivity contribution is -0.138. The normalized spacial score (nSPS) is 21.7. The third-order valence-electron chi connectivity index (χ3n) is 3.64. The molecule has 1 aromatic carbocycles. The van der Waals surface area contributed by atoms with Gasteiger partial charge in [0.2, 0.25) is 0 Å². The van der Waals surface area contributed by atoms with E-state index in [0.717, 1.165) is 6.07 Å². The molecule has 0 aromatic heterocycles. The number of carbonyl (C=O) groups excluding carboxylic acids is 1. The van der Waals surface area contributed by atoms with E-state index in [1.165, 1.54) is 43.4 Å². The zero-order chi connectivity index (χ0) is 19.6. The van der Waals surface area contributed by atoms with Gasteiger partial charge in [-0.2, -0.15) is 13.2 Å². The van der Waals surface area contributed by atoms with Crippen LogP contribution in [0.5, 0.6) is 5.75 Å². The maximum atomic E-state index is 13.2. The number of halogens is 4.